The Balaban J connectivity index is 2.34. The molecular weight excluding hydrogens is 347 g/mol. The van der Waals surface area contributed by atoms with Crippen molar-refractivity contribution in [2.24, 2.45) is 17.8 Å². The molecule has 1 N–H and O–H groups in total. The molecule has 1 saturated carbocycles. The first-order valence-electron chi connectivity index (χ1n) is 7.78. The Kier molecular flexibility index (Phi) is 7.51. The van der Waals surface area contributed by atoms with Crippen molar-refractivity contribution >= 4 is 21.8 Å². The Hall–Kier alpha value is -0.260. The number of amides is 1. The molecule has 124 valence electrons. The van der Waals surface area contributed by atoms with E-state index in [4.69, 9.17) is 0 Å². The molecule has 0 aliphatic heterocycles. The highest BCUT2D eigenvalue weighted by Crippen LogP contribution is 2.39. The van der Waals surface area contributed by atoms with Gasteiger partial charge in [0, 0.05) is 17.3 Å². The van der Waals surface area contributed by atoms with E-state index in [0.29, 0.717) is 25.3 Å². The predicted molar refractivity (Wildman–Crippen MR) is 81.3 cm³/mol. The summed E-state index contributed by atoms with van der Waals surface area (Å²) in [5.41, 5.74) is 0. The minimum Gasteiger partial charge on any atom is -0.355 e. The van der Waals surface area contributed by atoms with Gasteiger partial charge >= 0.3 is 6.18 Å². The van der Waals surface area contributed by atoms with Gasteiger partial charge in [0.05, 0.1) is 5.92 Å². The van der Waals surface area contributed by atoms with Gasteiger partial charge in [-0.15, -0.1) is 0 Å². The van der Waals surface area contributed by atoms with Crippen LogP contribution in [-0.4, -0.2) is 23.5 Å². The first-order chi connectivity index (χ1) is 9.79. The van der Waals surface area contributed by atoms with Gasteiger partial charge in [0.2, 0.25) is 5.91 Å². The summed E-state index contributed by atoms with van der Waals surface area (Å²) in [7, 11) is 0. The van der Waals surface area contributed by atoms with Crippen molar-refractivity contribution in [1.29, 1.82) is 0 Å². The lowest BCUT2D eigenvalue weighted by molar-refractivity contribution is -0.184. The maximum atomic E-state index is 12.6. The van der Waals surface area contributed by atoms with Crippen LogP contribution in [0.4, 0.5) is 13.2 Å². The van der Waals surface area contributed by atoms with Gasteiger partial charge in [-0.2, -0.15) is 13.2 Å². The first-order valence-corrected chi connectivity index (χ1v) is 8.69. The number of halogens is 4. The van der Waals surface area contributed by atoms with Crippen LogP contribution in [0.2, 0.25) is 0 Å². The monoisotopic (exact) mass is 371 g/mol. The molecule has 0 bridgehead atoms. The average Bonchev–Trinajstić information content (AvgIpc) is 2.45. The van der Waals surface area contributed by atoms with E-state index >= 15 is 0 Å². The highest BCUT2D eigenvalue weighted by molar-refractivity contribution is 9.09. The third-order valence-electron chi connectivity index (χ3n) is 4.59. The summed E-state index contributed by atoms with van der Waals surface area (Å²) in [5.74, 6) is -1.07. The Labute approximate surface area is 133 Å². The fraction of sp³-hybridized carbons (Fsp3) is 0.933. The topological polar surface area (TPSA) is 29.1 Å². The summed E-state index contributed by atoms with van der Waals surface area (Å²) in [4.78, 5) is 12.3. The summed E-state index contributed by atoms with van der Waals surface area (Å²) in [5, 5.41) is 2.89. The van der Waals surface area contributed by atoms with Crippen LogP contribution in [-0.2, 0) is 4.79 Å². The van der Waals surface area contributed by atoms with Crippen LogP contribution in [0.25, 0.3) is 0 Å². The fourth-order valence-electron chi connectivity index (χ4n) is 2.99. The van der Waals surface area contributed by atoms with Crippen LogP contribution in [0, 0.1) is 17.8 Å². The fourth-order valence-corrected chi connectivity index (χ4v) is 3.90. The zero-order valence-corrected chi connectivity index (χ0v) is 14.3. The summed E-state index contributed by atoms with van der Waals surface area (Å²) < 4.78 is 37.8. The first kappa shape index (κ1) is 18.8. The van der Waals surface area contributed by atoms with E-state index in [2.05, 4.69) is 35.1 Å². The quantitative estimate of drug-likeness (QED) is 0.675. The smallest absolute Gasteiger partial charge is 0.355 e. The molecule has 0 spiro atoms. The summed E-state index contributed by atoms with van der Waals surface area (Å²) in [6.07, 6.45) is -1.20. The van der Waals surface area contributed by atoms with Gasteiger partial charge in [-0.05, 0) is 31.6 Å². The van der Waals surface area contributed by atoms with Gasteiger partial charge in [-0.25, -0.2) is 0 Å². The molecule has 2 nitrogen and oxygen atoms in total. The number of carbonyl (C=O) groups is 1. The van der Waals surface area contributed by atoms with Crippen molar-refractivity contribution in [2.75, 3.05) is 6.54 Å². The number of nitrogens with one attached hydrogen (secondary N) is 1. The minimum atomic E-state index is -4.11. The van der Waals surface area contributed by atoms with Gasteiger partial charge < -0.3 is 5.32 Å². The second-order valence-electron chi connectivity index (χ2n) is 5.93. The van der Waals surface area contributed by atoms with Crippen LogP contribution >= 0.6 is 15.9 Å². The van der Waals surface area contributed by atoms with Gasteiger partial charge in [0.25, 0.3) is 0 Å². The maximum Gasteiger partial charge on any atom is 0.391 e. The number of hydrogen-bond donors (Lipinski definition) is 1. The molecule has 0 saturated heterocycles. The van der Waals surface area contributed by atoms with Gasteiger partial charge in [-0.1, -0.05) is 42.6 Å². The molecule has 1 rings (SSSR count). The van der Waals surface area contributed by atoms with E-state index in [-0.39, 0.29) is 29.5 Å². The van der Waals surface area contributed by atoms with Crippen LogP contribution in [0.1, 0.15) is 52.4 Å². The molecule has 0 aromatic rings. The number of carbonyl (C=O) groups excluding carboxylic acids is 1. The highest BCUT2D eigenvalue weighted by Gasteiger charge is 2.42. The van der Waals surface area contributed by atoms with Gasteiger partial charge in [0.15, 0.2) is 0 Å². The van der Waals surface area contributed by atoms with Crippen molar-refractivity contribution in [2.45, 2.75) is 63.4 Å². The molecule has 6 heteroatoms. The van der Waals surface area contributed by atoms with Crippen LogP contribution in [0.15, 0.2) is 0 Å². The molecule has 1 atom stereocenters. The lowest BCUT2D eigenvalue weighted by Crippen LogP contribution is -2.39. The predicted octanol–water partition coefficient (Wildman–Crippen LogP) is 4.67. The summed E-state index contributed by atoms with van der Waals surface area (Å²) in [6.45, 7) is 4.77. The molecule has 0 aromatic carbocycles. The molecule has 0 radical (unpaired) electrons. The van der Waals surface area contributed by atoms with Crippen molar-refractivity contribution in [3.8, 4) is 0 Å². The average molecular weight is 372 g/mol. The third kappa shape index (κ3) is 5.80. The van der Waals surface area contributed by atoms with Crippen LogP contribution in [0.3, 0.4) is 0 Å². The Morgan fingerprint density at radius 2 is 1.71 bits per heavy atom. The molecule has 1 amide bonds. The second-order valence-corrected chi connectivity index (χ2v) is 7.10. The zero-order chi connectivity index (χ0) is 16.0. The summed E-state index contributed by atoms with van der Waals surface area (Å²) >= 11 is 3.59. The maximum absolute atomic E-state index is 12.6. The van der Waals surface area contributed by atoms with E-state index in [9.17, 15) is 18.0 Å². The van der Waals surface area contributed by atoms with Crippen molar-refractivity contribution in [1.82, 2.24) is 5.32 Å². The standard InChI is InChI=1S/C15H25BrF3NO/c1-3-10(4-2)13(16)9-20-14(21)11-5-7-12(8-6-11)15(17,18)19/h10-13H,3-9H2,1-2H3,(H,20,21). The van der Waals surface area contributed by atoms with Gasteiger partial charge in [0.1, 0.15) is 0 Å². The molecule has 1 aliphatic rings. The number of rotatable bonds is 6. The van der Waals surface area contributed by atoms with E-state index in [0.717, 1.165) is 12.8 Å². The highest BCUT2D eigenvalue weighted by atomic mass is 79.9. The van der Waals surface area contributed by atoms with Crippen molar-refractivity contribution in [3.05, 3.63) is 0 Å². The molecule has 1 fully saturated rings. The van der Waals surface area contributed by atoms with Crippen molar-refractivity contribution in [3.63, 3.8) is 0 Å². The molecule has 1 aliphatic carbocycles. The molecule has 0 aromatic heterocycles. The Bertz CT molecular complexity index is 323. The van der Waals surface area contributed by atoms with Gasteiger partial charge in [-0.3, -0.25) is 4.79 Å². The largest absolute Gasteiger partial charge is 0.391 e. The van der Waals surface area contributed by atoms with Crippen LogP contribution in [0.5, 0.6) is 0 Å². The lowest BCUT2D eigenvalue weighted by Gasteiger charge is -2.29. The van der Waals surface area contributed by atoms with Crippen molar-refractivity contribution < 1.29 is 18.0 Å². The molecule has 0 heterocycles. The summed E-state index contributed by atoms with van der Waals surface area (Å²) in [6, 6.07) is 0. The van der Waals surface area contributed by atoms with E-state index in [1.165, 1.54) is 0 Å². The minimum absolute atomic E-state index is 0.0753. The zero-order valence-electron chi connectivity index (χ0n) is 12.7. The normalized spacial score (nSPS) is 24.9. The third-order valence-corrected chi connectivity index (χ3v) is 5.66. The number of alkyl halides is 4. The Morgan fingerprint density at radius 1 is 1.19 bits per heavy atom. The SMILES string of the molecule is CCC(CC)C(Br)CNC(=O)C1CCC(C(F)(F)F)CC1. The Morgan fingerprint density at radius 3 is 2.14 bits per heavy atom. The molecule has 21 heavy (non-hydrogen) atoms. The number of hydrogen-bond acceptors (Lipinski definition) is 1. The lowest BCUT2D eigenvalue weighted by atomic mass is 9.81. The molecule has 1 unspecified atom stereocenters. The van der Waals surface area contributed by atoms with Crippen LogP contribution < -0.4 is 5.32 Å². The van der Waals surface area contributed by atoms with E-state index < -0.39 is 12.1 Å². The van der Waals surface area contributed by atoms with E-state index in [1.807, 2.05) is 0 Å². The second kappa shape index (κ2) is 8.39. The molecular formula is C15H25BrF3NO. The van der Waals surface area contributed by atoms with E-state index in [1.54, 1.807) is 0 Å².